The van der Waals surface area contributed by atoms with Crippen LogP contribution in [0.15, 0.2) is 73.2 Å². The maximum absolute atomic E-state index is 4.71. The molecule has 0 saturated heterocycles. The maximum Gasteiger partial charge on any atom is 0.137 e. The molecule has 0 bridgehead atoms. The molecule has 1 aromatic carbocycles. The molecule has 0 radical (unpaired) electrons. The van der Waals surface area contributed by atoms with Crippen molar-refractivity contribution in [1.82, 2.24) is 19.7 Å². The molecule has 1 aliphatic rings. The van der Waals surface area contributed by atoms with Gasteiger partial charge in [-0.25, -0.2) is 4.98 Å². The predicted molar refractivity (Wildman–Crippen MR) is 128 cm³/mol. The van der Waals surface area contributed by atoms with Crippen LogP contribution in [0.25, 0.3) is 33.6 Å². The Hall–Kier alpha value is -3.24. The number of hydrogen-bond donors (Lipinski definition) is 1. The number of hydrogen-bond acceptors (Lipinski definition) is 3. The average Bonchev–Trinajstić information content (AvgIpc) is 3.27. The number of imidazole rings is 1. The molecule has 3 aromatic heterocycles. The number of benzene rings is 1. The van der Waals surface area contributed by atoms with Crippen LogP contribution in [0.2, 0.25) is 0 Å². The number of aromatic nitrogens is 3. The Balaban J connectivity index is 1.47. The second kappa shape index (κ2) is 8.86. The fraction of sp³-hybridized carbons (Fsp3) is 0.259. The molecule has 1 aliphatic carbocycles. The first-order valence-electron chi connectivity index (χ1n) is 11.2. The zero-order valence-corrected chi connectivity index (χ0v) is 18.0. The monoisotopic (exact) mass is 408 g/mol. The van der Waals surface area contributed by atoms with E-state index in [0.717, 1.165) is 48.5 Å². The quantitative estimate of drug-likeness (QED) is 0.417. The largest absolute Gasteiger partial charge is 0.313 e. The third-order valence-electron chi connectivity index (χ3n) is 6.03. The summed E-state index contributed by atoms with van der Waals surface area (Å²) in [4.78, 5) is 9.34. The Morgan fingerprint density at radius 3 is 2.77 bits per heavy atom. The van der Waals surface area contributed by atoms with Crippen molar-refractivity contribution in [1.29, 1.82) is 0 Å². The lowest BCUT2D eigenvalue weighted by atomic mass is 9.96. The van der Waals surface area contributed by atoms with Crippen LogP contribution in [-0.2, 0) is 6.54 Å². The summed E-state index contributed by atoms with van der Waals surface area (Å²) in [6.45, 7) is 3.99. The molecule has 4 aromatic rings. The zero-order chi connectivity index (χ0) is 21.0. The standard InChI is InChI=1S/C27H28N4/c1-2-28-18-20-7-6-10-22(15-20)23-12-14-31-26(19-30-27(31)17-23)24-11-13-29-25(16-24)21-8-4-3-5-9-21/h6-8,10-17,19,28H,2-5,9,18H2,1H3. The summed E-state index contributed by atoms with van der Waals surface area (Å²) in [5.41, 5.74) is 9.39. The molecular formula is C27H28N4. The molecule has 0 amide bonds. The fourth-order valence-electron chi connectivity index (χ4n) is 4.34. The van der Waals surface area contributed by atoms with Gasteiger partial charge < -0.3 is 5.32 Å². The van der Waals surface area contributed by atoms with Crippen molar-refractivity contribution >= 4 is 11.2 Å². The number of fused-ring (bicyclic) bond motifs is 1. The van der Waals surface area contributed by atoms with Gasteiger partial charge in [0.2, 0.25) is 0 Å². The molecule has 4 heteroatoms. The summed E-state index contributed by atoms with van der Waals surface area (Å²) >= 11 is 0. The minimum Gasteiger partial charge on any atom is -0.313 e. The third-order valence-corrected chi connectivity index (χ3v) is 6.03. The van der Waals surface area contributed by atoms with E-state index in [1.807, 2.05) is 12.4 Å². The van der Waals surface area contributed by atoms with Crippen molar-refractivity contribution in [2.45, 2.75) is 39.2 Å². The Bertz CT molecular complexity index is 1230. The van der Waals surface area contributed by atoms with E-state index < -0.39 is 0 Å². The minimum atomic E-state index is 0.890. The van der Waals surface area contributed by atoms with Crippen molar-refractivity contribution < 1.29 is 0 Å². The molecule has 0 unspecified atom stereocenters. The van der Waals surface area contributed by atoms with Gasteiger partial charge in [-0.05, 0) is 84.8 Å². The first-order valence-corrected chi connectivity index (χ1v) is 11.2. The molecule has 0 saturated carbocycles. The molecule has 5 rings (SSSR count). The molecule has 31 heavy (non-hydrogen) atoms. The second-order valence-corrected chi connectivity index (χ2v) is 8.17. The van der Waals surface area contributed by atoms with Gasteiger partial charge in [0, 0.05) is 24.5 Å². The lowest BCUT2D eigenvalue weighted by molar-refractivity contribution is 0.727. The van der Waals surface area contributed by atoms with Gasteiger partial charge in [-0.1, -0.05) is 31.2 Å². The SMILES string of the molecule is CCNCc1cccc(-c2ccn3c(-c4ccnc(C5=CCCCC5)c4)cnc3c2)c1. The molecular weight excluding hydrogens is 380 g/mol. The molecule has 4 nitrogen and oxygen atoms in total. The van der Waals surface area contributed by atoms with E-state index in [0.29, 0.717) is 0 Å². The summed E-state index contributed by atoms with van der Waals surface area (Å²) < 4.78 is 2.17. The number of allylic oxidation sites excluding steroid dienone is 2. The van der Waals surface area contributed by atoms with Crippen LogP contribution in [0, 0.1) is 0 Å². The smallest absolute Gasteiger partial charge is 0.137 e. The highest BCUT2D eigenvalue weighted by Crippen LogP contribution is 2.30. The van der Waals surface area contributed by atoms with Crippen molar-refractivity contribution in [2.75, 3.05) is 6.54 Å². The highest BCUT2D eigenvalue weighted by molar-refractivity contribution is 5.73. The maximum atomic E-state index is 4.71. The van der Waals surface area contributed by atoms with Crippen molar-refractivity contribution in [3.63, 3.8) is 0 Å². The molecule has 0 atom stereocenters. The van der Waals surface area contributed by atoms with Crippen LogP contribution in [-0.4, -0.2) is 20.9 Å². The van der Waals surface area contributed by atoms with Gasteiger partial charge in [0.1, 0.15) is 5.65 Å². The summed E-state index contributed by atoms with van der Waals surface area (Å²) in [5.74, 6) is 0. The van der Waals surface area contributed by atoms with E-state index in [1.54, 1.807) is 0 Å². The van der Waals surface area contributed by atoms with Gasteiger partial charge >= 0.3 is 0 Å². The van der Waals surface area contributed by atoms with Gasteiger partial charge in [0.15, 0.2) is 0 Å². The number of pyridine rings is 2. The van der Waals surface area contributed by atoms with Gasteiger partial charge in [0.05, 0.1) is 17.6 Å². The summed E-state index contributed by atoms with van der Waals surface area (Å²) in [6, 6.07) is 17.3. The predicted octanol–water partition coefficient (Wildman–Crippen LogP) is 6.13. The molecule has 0 spiro atoms. The topological polar surface area (TPSA) is 42.2 Å². The highest BCUT2D eigenvalue weighted by Gasteiger charge is 2.12. The number of nitrogens with zero attached hydrogens (tertiary/aromatic N) is 3. The highest BCUT2D eigenvalue weighted by atomic mass is 15.0. The molecule has 0 aliphatic heterocycles. The molecule has 3 heterocycles. The van der Waals surface area contributed by atoms with E-state index in [-0.39, 0.29) is 0 Å². The van der Waals surface area contributed by atoms with Crippen LogP contribution in [0.3, 0.4) is 0 Å². The second-order valence-electron chi connectivity index (χ2n) is 8.17. The summed E-state index contributed by atoms with van der Waals surface area (Å²) in [6.07, 6.45) is 13.2. The van der Waals surface area contributed by atoms with Crippen LogP contribution in [0.4, 0.5) is 0 Å². The Kier molecular flexibility index (Phi) is 5.63. The van der Waals surface area contributed by atoms with Gasteiger partial charge in [0.25, 0.3) is 0 Å². The lowest BCUT2D eigenvalue weighted by Gasteiger charge is -2.13. The number of rotatable bonds is 6. The molecule has 0 fully saturated rings. The number of nitrogens with one attached hydrogen (secondary N) is 1. The van der Waals surface area contributed by atoms with Crippen molar-refractivity contribution in [3.05, 3.63) is 84.5 Å². The van der Waals surface area contributed by atoms with E-state index in [2.05, 4.69) is 82.4 Å². The van der Waals surface area contributed by atoms with E-state index in [1.165, 1.54) is 35.1 Å². The minimum absolute atomic E-state index is 0.890. The lowest BCUT2D eigenvalue weighted by Crippen LogP contribution is -2.11. The normalized spacial score (nSPS) is 14.0. The van der Waals surface area contributed by atoms with Crippen LogP contribution < -0.4 is 5.32 Å². The third kappa shape index (κ3) is 4.17. The Labute approximate surface area is 183 Å². The van der Waals surface area contributed by atoms with Gasteiger partial charge in [-0.3, -0.25) is 9.38 Å². The van der Waals surface area contributed by atoms with E-state index in [9.17, 15) is 0 Å². The Morgan fingerprint density at radius 1 is 0.968 bits per heavy atom. The molecule has 1 N–H and O–H groups in total. The Morgan fingerprint density at radius 2 is 1.90 bits per heavy atom. The van der Waals surface area contributed by atoms with Crippen molar-refractivity contribution in [3.8, 4) is 22.4 Å². The summed E-state index contributed by atoms with van der Waals surface area (Å²) in [7, 11) is 0. The molecule has 156 valence electrons. The fourth-order valence-corrected chi connectivity index (χ4v) is 4.34. The zero-order valence-electron chi connectivity index (χ0n) is 18.0. The first-order chi connectivity index (χ1) is 15.3. The van der Waals surface area contributed by atoms with Crippen LogP contribution >= 0.6 is 0 Å². The van der Waals surface area contributed by atoms with Crippen LogP contribution in [0.1, 0.15) is 43.9 Å². The van der Waals surface area contributed by atoms with Crippen LogP contribution in [0.5, 0.6) is 0 Å². The van der Waals surface area contributed by atoms with Gasteiger partial charge in [-0.2, -0.15) is 0 Å². The van der Waals surface area contributed by atoms with E-state index >= 15 is 0 Å². The van der Waals surface area contributed by atoms with Gasteiger partial charge in [-0.15, -0.1) is 0 Å². The average molecular weight is 409 g/mol. The first kappa shape index (κ1) is 19.7. The summed E-state index contributed by atoms with van der Waals surface area (Å²) in [5, 5.41) is 3.40. The van der Waals surface area contributed by atoms with Crippen molar-refractivity contribution in [2.24, 2.45) is 0 Å². The van der Waals surface area contributed by atoms with E-state index in [4.69, 9.17) is 4.98 Å².